The summed E-state index contributed by atoms with van der Waals surface area (Å²) in [6.45, 7) is 7.44. The predicted molar refractivity (Wildman–Crippen MR) is 74.5 cm³/mol. The molecule has 0 atom stereocenters. The SMILES string of the molecule is COc1cc(C(=O)NCC(=O)C(C)(C)C)ccc1C. The second-order valence-corrected chi connectivity index (χ2v) is 5.54. The van der Waals surface area contributed by atoms with E-state index in [0.717, 1.165) is 5.56 Å². The van der Waals surface area contributed by atoms with Gasteiger partial charge in [-0.2, -0.15) is 0 Å². The fourth-order valence-corrected chi connectivity index (χ4v) is 1.49. The highest BCUT2D eigenvalue weighted by Gasteiger charge is 2.21. The van der Waals surface area contributed by atoms with E-state index in [1.165, 1.54) is 0 Å². The zero-order valence-electron chi connectivity index (χ0n) is 12.2. The molecule has 0 bridgehead atoms. The van der Waals surface area contributed by atoms with Gasteiger partial charge >= 0.3 is 0 Å². The van der Waals surface area contributed by atoms with Gasteiger partial charge in [0.2, 0.25) is 0 Å². The van der Waals surface area contributed by atoms with Gasteiger partial charge in [-0.3, -0.25) is 9.59 Å². The number of hydrogen-bond donors (Lipinski definition) is 1. The molecule has 4 nitrogen and oxygen atoms in total. The summed E-state index contributed by atoms with van der Waals surface area (Å²) in [5.41, 5.74) is 1.01. The van der Waals surface area contributed by atoms with Gasteiger partial charge in [0, 0.05) is 11.0 Å². The molecule has 0 aromatic heterocycles. The maximum atomic E-state index is 11.9. The standard InChI is InChI=1S/C15H21NO3/c1-10-6-7-11(8-12(10)19-5)14(18)16-9-13(17)15(2,3)4/h6-8H,9H2,1-5H3,(H,16,18). The van der Waals surface area contributed by atoms with Crippen LogP contribution in [0.1, 0.15) is 36.7 Å². The summed E-state index contributed by atoms with van der Waals surface area (Å²) in [4.78, 5) is 23.7. The van der Waals surface area contributed by atoms with E-state index in [0.29, 0.717) is 11.3 Å². The molecule has 104 valence electrons. The molecule has 0 saturated heterocycles. The fourth-order valence-electron chi connectivity index (χ4n) is 1.49. The molecule has 0 fully saturated rings. The van der Waals surface area contributed by atoms with Crippen LogP contribution in [0.5, 0.6) is 5.75 Å². The number of methoxy groups -OCH3 is 1. The molecule has 1 aromatic carbocycles. The third-order valence-corrected chi connectivity index (χ3v) is 2.92. The molecule has 1 aromatic rings. The first-order valence-corrected chi connectivity index (χ1v) is 6.22. The molecule has 0 aliphatic heterocycles. The molecule has 19 heavy (non-hydrogen) atoms. The summed E-state index contributed by atoms with van der Waals surface area (Å²) >= 11 is 0. The van der Waals surface area contributed by atoms with Gasteiger partial charge in [-0.25, -0.2) is 0 Å². The van der Waals surface area contributed by atoms with Crippen LogP contribution in [0.3, 0.4) is 0 Å². The number of ether oxygens (including phenoxy) is 1. The van der Waals surface area contributed by atoms with Crippen molar-refractivity contribution in [1.29, 1.82) is 0 Å². The van der Waals surface area contributed by atoms with Crippen LogP contribution in [-0.4, -0.2) is 25.3 Å². The second-order valence-electron chi connectivity index (χ2n) is 5.54. The minimum atomic E-state index is -0.446. The lowest BCUT2D eigenvalue weighted by Gasteiger charge is -2.16. The molecule has 1 N–H and O–H groups in total. The highest BCUT2D eigenvalue weighted by Crippen LogP contribution is 2.19. The van der Waals surface area contributed by atoms with Gasteiger partial charge in [0.05, 0.1) is 13.7 Å². The smallest absolute Gasteiger partial charge is 0.251 e. The zero-order valence-corrected chi connectivity index (χ0v) is 12.2. The topological polar surface area (TPSA) is 55.4 Å². The lowest BCUT2D eigenvalue weighted by Crippen LogP contribution is -2.35. The average molecular weight is 263 g/mol. The van der Waals surface area contributed by atoms with E-state index < -0.39 is 5.41 Å². The number of carbonyl (C=O) groups excluding carboxylic acids is 2. The van der Waals surface area contributed by atoms with Crippen LogP contribution >= 0.6 is 0 Å². The Bertz CT molecular complexity index is 487. The number of Topliss-reactive ketones (excluding diaryl/α,β-unsaturated/α-hetero) is 1. The lowest BCUT2D eigenvalue weighted by atomic mass is 9.91. The van der Waals surface area contributed by atoms with Crippen LogP contribution in [0.25, 0.3) is 0 Å². The highest BCUT2D eigenvalue weighted by molar-refractivity contribution is 5.97. The van der Waals surface area contributed by atoms with Gasteiger partial charge < -0.3 is 10.1 Å². The Labute approximate surface area is 114 Å². The summed E-state index contributed by atoms with van der Waals surface area (Å²) in [5.74, 6) is 0.394. The molecule has 0 unspecified atom stereocenters. The molecule has 1 rings (SSSR count). The summed E-state index contributed by atoms with van der Waals surface area (Å²) in [6.07, 6.45) is 0. The van der Waals surface area contributed by atoms with Crippen LogP contribution in [-0.2, 0) is 4.79 Å². The maximum Gasteiger partial charge on any atom is 0.251 e. The number of hydrogen-bond acceptors (Lipinski definition) is 3. The van der Waals surface area contributed by atoms with Crippen LogP contribution < -0.4 is 10.1 Å². The molecule has 0 spiro atoms. The lowest BCUT2D eigenvalue weighted by molar-refractivity contribution is -0.125. The Morgan fingerprint density at radius 1 is 1.26 bits per heavy atom. The monoisotopic (exact) mass is 263 g/mol. The van der Waals surface area contributed by atoms with E-state index in [-0.39, 0.29) is 18.2 Å². The molecule has 0 aliphatic rings. The molecule has 1 amide bonds. The Hall–Kier alpha value is -1.84. The van der Waals surface area contributed by atoms with Gasteiger partial charge in [-0.05, 0) is 24.6 Å². The first-order valence-electron chi connectivity index (χ1n) is 6.22. The molecule has 0 saturated carbocycles. The average Bonchev–Trinajstić information content (AvgIpc) is 2.34. The maximum absolute atomic E-state index is 11.9. The summed E-state index contributed by atoms with van der Waals surface area (Å²) < 4.78 is 5.17. The number of benzene rings is 1. The molecule has 0 heterocycles. The first kappa shape index (κ1) is 15.2. The minimum absolute atomic E-state index is 0.0000679. The fraction of sp³-hybridized carbons (Fsp3) is 0.467. The number of carbonyl (C=O) groups is 2. The van der Waals surface area contributed by atoms with Gasteiger partial charge in [0.1, 0.15) is 5.75 Å². The van der Waals surface area contributed by atoms with Crippen molar-refractivity contribution >= 4 is 11.7 Å². The van der Waals surface area contributed by atoms with Crippen LogP contribution in [0, 0.1) is 12.3 Å². The quantitative estimate of drug-likeness (QED) is 0.907. The van der Waals surface area contributed by atoms with Crippen molar-refractivity contribution in [3.05, 3.63) is 29.3 Å². The number of ketones is 1. The van der Waals surface area contributed by atoms with Crippen molar-refractivity contribution in [1.82, 2.24) is 5.32 Å². The minimum Gasteiger partial charge on any atom is -0.496 e. The number of amides is 1. The van der Waals surface area contributed by atoms with Gasteiger partial charge in [0.15, 0.2) is 5.78 Å². The number of aryl methyl sites for hydroxylation is 1. The van der Waals surface area contributed by atoms with E-state index >= 15 is 0 Å². The van der Waals surface area contributed by atoms with Crippen LogP contribution in [0.2, 0.25) is 0 Å². The Kier molecular flexibility index (Phi) is 4.70. The van der Waals surface area contributed by atoms with Crippen molar-refractivity contribution in [3.8, 4) is 5.75 Å². The largest absolute Gasteiger partial charge is 0.496 e. The van der Waals surface area contributed by atoms with E-state index in [1.807, 2.05) is 33.8 Å². The molecule has 4 heteroatoms. The third kappa shape index (κ3) is 4.09. The Morgan fingerprint density at radius 2 is 1.89 bits per heavy atom. The highest BCUT2D eigenvalue weighted by atomic mass is 16.5. The number of rotatable bonds is 4. The van der Waals surface area contributed by atoms with Gasteiger partial charge in [-0.1, -0.05) is 26.8 Å². The molecular formula is C15H21NO3. The van der Waals surface area contributed by atoms with Crippen molar-refractivity contribution in [2.75, 3.05) is 13.7 Å². The number of nitrogens with one attached hydrogen (secondary N) is 1. The van der Waals surface area contributed by atoms with E-state index in [4.69, 9.17) is 4.74 Å². The molecule has 0 aliphatic carbocycles. The second kappa shape index (κ2) is 5.87. The van der Waals surface area contributed by atoms with Crippen molar-refractivity contribution in [2.24, 2.45) is 5.41 Å². The van der Waals surface area contributed by atoms with Gasteiger partial charge in [0.25, 0.3) is 5.91 Å². The van der Waals surface area contributed by atoms with E-state index in [2.05, 4.69) is 5.32 Å². The third-order valence-electron chi connectivity index (χ3n) is 2.92. The zero-order chi connectivity index (χ0) is 14.6. The normalized spacial score (nSPS) is 11.0. The van der Waals surface area contributed by atoms with Crippen LogP contribution in [0.4, 0.5) is 0 Å². The molecular weight excluding hydrogens is 242 g/mol. The Balaban J connectivity index is 2.72. The van der Waals surface area contributed by atoms with Crippen molar-refractivity contribution < 1.29 is 14.3 Å². The van der Waals surface area contributed by atoms with E-state index in [1.54, 1.807) is 19.2 Å². The van der Waals surface area contributed by atoms with E-state index in [9.17, 15) is 9.59 Å². The van der Waals surface area contributed by atoms with Gasteiger partial charge in [-0.15, -0.1) is 0 Å². The summed E-state index contributed by atoms with van der Waals surface area (Å²) in [5, 5.41) is 2.63. The first-order chi connectivity index (χ1) is 8.75. The Morgan fingerprint density at radius 3 is 2.42 bits per heavy atom. The molecule has 0 radical (unpaired) electrons. The summed E-state index contributed by atoms with van der Waals surface area (Å²) in [7, 11) is 1.56. The summed E-state index contributed by atoms with van der Waals surface area (Å²) in [6, 6.07) is 5.21. The van der Waals surface area contributed by atoms with Crippen LogP contribution in [0.15, 0.2) is 18.2 Å². The van der Waals surface area contributed by atoms with Crippen molar-refractivity contribution in [3.63, 3.8) is 0 Å². The predicted octanol–water partition coefficient (Wildman–Crippen LogP) is 2.35. The van der Waals surface area contributed by atoms with Crippen molar-refractivity contribution in [2.45, 2.75) is 27.7 Å².